The highest BCUT2D eigenvalue weighted by Gasteiger charge is 2.45. The Morgan fingerprint density at radius 2 is 1.81 bits per heavy atom. The molecule has 2 fully saturated rings. The van der Waals surface area contributed by atoms with E-state index in [4.69, 9.17) is 0 Å². The van der Waals surface area contributed by atoms with Crippen LogP contribution in [0.1, 0.15) is 76.9 Å². The highest BCUT2D eigenvalue weighted by Crippen LogP contribution is 2.53. The number of carbonyl (C=O) groups excluding carboxylic acids is 2. The van der Waals surface area contributed by atoms with E-state index < -0.39 is 6.10 Å². The number of piperidine rings is 1. The fraction of sp³-hybridized carbons (Fsp3) is 0.533. The molecule has 6 nitrogen and oxygen atoms in total. The third-order valence-corrected chi connectivity index (χ3v) is 9.15. The topological polar surface area (TPSA) is 72.9 Å². The lowest BCUT2D eigenvalue weighted by atomic mass is 9.77. The molecule has 6 heteroatoms. The van der Waals surface area contributed by atoms with Crippen LogP contribution >= 0.6 is 0 Å². The zero-order valence-electron chi connectivity index (χ0n) is 21.4. The number of aliphatic hydroxyl groups is 1. The number of carbonyl (C=O) groups is 2. The van der Waals surface area contributed by atoms with E-state index in [0.717, 1.165) is 44.5 Å². The highest BCUT2D eigenvalue weighted by molar-refractivity contribution is 6.00. The Kier molecular flexibility index (Phi) is 5.73. The molecule has 4 aliphatic rings. The van der Waals surface area contributed by atoms with Gasteiger partial charge in [-0.25, -0.2) is 0 Å². The van der Waals surface area contributed by atoms with Gasteiger partial charge < -0.3 is 20.2 Å². The summed E-state index contributed by atoms with van der Waals surface area (Å²) in [6.45, 7) is 7.46. The minimum atomic E-state index is -0.658. The lowest BCUT2D eigenvalue weighted by Gasteiger charge is -2.42. The van der Waals surface area contributed by atoms with Gasteiger partial charge in [0.05, 0.1) is 6.10 Å². The molecule has 1 spiro atoms. The summed E-state index contributed by atoms with van der Waals surface area (Å²) in [6, 6.07) is 13.8. The average Bonchev–Trinajstić information content (AvgIpc) is 3.65. The zero-order valence-corrected chi connectivity index (χ0v) is 21.4. The molecule has 0 aromatic heterocycles. The van der Waals surface area contributed by atoms with Crippen molar-refractivity contribution in [2.45, 2.75) is 70.1 Å². The van der Waals surface area contributed by atoms with Gasteiger partial charge in [0.2, 0.25) is 0 Å². The van der Waals surface area contributed by atoms with Gasteiger partial charge in [0.1, 0.15) is 0 Å². The standard InChI is InChI=1S/C30H37N3O3/c1-29(2)19-33(18-26(34)25-16-20-5-3-4-6-22(20)17-31-25)28(36)23-8-7-21(15-24(23)29)27(35)32-13-11-30(9-10-30)12-14-32/h3-8,15,25-26,31,34H,9-14,16-19H2,1-2H3/t25-,26+/m0/s1. The Hall–Kier alpha value is -2.70. The van der Waals surface area contributed by atoms with Gasteiger partial charge in [-0.05, 0) is 72.4 Å². The molecule has 2 N–H and O–H groups in total. The zero-order chi connectivity index (χ0) is 25.1. The maximum Gasteiger partial charge on any atom is 0.254 e. The number of rotatable bonds is 4. The summed E-state index contributed by atoms with van der Waals surface area (Å²) < 4.78 is 0. The van der Waals surface area contributed by atoms with Crippen LogP contribution in [0.15, 0.2) is 42.5 Å². The normalized spacial score (nSPS) is 24.8. The number of nitrogens with zero attached hydrogens (tertiary/aromatic N) is 2. The Morgan fingerprint density at radius 3 is 2.53 bits per heavy atom. The van der Waals surface area contributed by atoms with Crippen LogP contribution in [0.5, 0.6) is 0 Å². The molecule has 190 valence electrons. The second-order valence-electron chi connectivity index (χ2n) is 12.1. The van der Waals surface area contributed by atoms with Crippen LogP contribution in [0.4, 0.5) is 0 Å². The maximum atomic E-state index is 13.5. The molecular formula is C30H37N3O3. The number of aliphatic hydroxyl groups excluding tert-OH is 1. The largest absolute Gasteiger partial charge is 0.390 e. The summed E-state index contributed by atoms with van der Waals surface area (Å²) in [5.41, 5.74) is 5.01. The van der Waals surface area contributed by atoms with Crippen LogP contribution in [-0.4, -0.2) is 65.0 Å². The van der Waals surface area contributed by atoms with Crippen molar-refractivity contribution in [3.05, 3.63) is 70.3 Å². The van der Waals surface area contributed by atoms with Crippen molar-refractivity contribution < 1.29 is 14.7 Å². The van der Waals surface area contributed by atoms with Gasteiger partial charge in [-0.3, -0.25) is 9.59 Å². The molecule has 0 bridgehead atoms. The fourth-order valence-electron chi connectivity index (χ4n) is 6.52. The summed E-state index contributed by atoms with van der Waals surface area (Å²) in [5, 5.41) is 14.5. The number of benzene rings is 2. The van der Waals surface area contributed by atoms with Crippen molar-refractivity contribution in [1.82, 2.24) is 15.1 Å². The summed E-state index contributed by atoms with van der Waals surface area (Å²) in [4.78, 5) is 30.5. The van der Waals surface area contributed by atoms with E-state index in [9.17, 15) is 14.7 Å². The van der Waals surface area contributed by atoms with Gasteiger partial charge in [0.25, 0.3) is 11.8 Å². The van der Waals surface area contributed by atoms with E-state index in [0.29, 0.717) is 23.1 Å². The predicted molar refractivity (Wildman–Crippen MR) is 139 cm³/mol. The van der Waals surface area contributed by atoms with Crippen molar-refractivity contribution in [3.8, 4) is 0 Å². The Bertz CT molecular complexity index is 1190. The number of hydrogen-bond acceptors (Lipinski definition) is 4. The second-order valence-corrected chi connectivity index (χ2v) is 12.1. The van der Waals surface area contributed by atoms with Gasteiger partial charge in [-0.2, -0.15) is 0 Å². The van der Waals surface area contributed by atoms with Gasteiger partial charge in [-0.15, -0.1) is 0 Å². The first-order valence-electron chi connectivity index (χ1n) is 13.5. The highest BCUT2D eigenvalue weighted by atomic mass is 16.3. The lowest BCUT2D eigenvalue weighted by Crippen LogP contribution is -2.54. The smallest absolute Gasteiger partial charge is 0.254 e. The van der Waals surface area contributed by atoms with Crippen LogP contribution in [0.3, 0.4) is 0 Å². The summed E-state index contributed by atoms with van der Waals surface area (Å²) in [6.07, 6.45) is 4.97. The first kappa shape index (κ1) is 23.7. The summed E-state index contributed by atoms with van der Waals surface area (Å²) in [5.74, 6) is 0.0188. The second kappa shape index (κ2) is 8.70. The predicted octanol–water partition coefficient (Wildman–Crippen LogP) is 3.51. The number of amides is 2. The third-order valence-electron chi connectivity index (χ3n) is 9.15. The number of fused-ring (bicyclic) bond motifs is 2. The van der Waals surface area contributed by atoms with Crippen LogP contribution in [0, 0.1) is 5.41 Å². The van der Waals surface area contributed by atoms with Crippen LogP contribution < -0.4 is 5.32 Å². The monoisotopic (exact) mass is 487 g/mol. The number of β-amino-alcohol motifs (C(OH)–C–C–N with tert-alkyl or cyclic N) is 1. The number of likely N-dealkylation sites (tertiary alicyclic amines) is 1. The molecular weight excluding hydrogens is 450 g/mol. The molecule has 2 amide bonds. The van der Waals surface area contributed by atoms with E-state index in [1.165, 1.54) is 24.0 Å². The molecule has 1 saturated heterocycles. The van der Waals surface area contributed by atoms with Gasteiger partial charge in [0.15, 0.2) is 0 Å². The molecule has 36 heavy (non-hydrogen) atoms. The van der Waals surface area contributed by atoms with Crippen molar-refractivity contribution in [2.75, 3.05) is 26.2 Å². The SMILES string of the molecule is CC1(C)CN(C[C@@H](O)[C@@H]2Cc3ccccc3CN2)C(=O)c2ccc(C(=O)N3CCC4(CC3)CC4)cc21. The minimum absolute atomic E-state index is 0.0627. The van der Waals surface area contributed by atoms with E-state index in [1.807, 2.05) is 35.2 Å². The molecule has 0 radical (unpaired) electrons. The molecule has 2 aromatic carbocycles. The molecule has 1 aliphatic carbocycles. The van der Waals surface area contributed by atoms with Gasteiger partial charge in [-0.1, -0.05) is 38.1 Å². The Morgan fingerprint density at radius 1 is 1.08 bits per heavy atom. The van der Waals surface area contributed by atoms with Gasteiger partial charge in [0, 0.05) is 55.3 Å². The summed E-state index contributed by atoms with van der Waals surface area (Å²) >= 11 is 0. The van der Waals surface area contributed by atoms with Crippen molar-refractivity contribution in [2.24, 2.45) is 5.41 Å². The number of hydrogen-bond donors (Lipinski definition) is 2. The van der Waals surface area contributed by atoms with Crippen LogP contribution in [0.2, 0.25) is 0 Å². The Balaban J connectivity index is 1.16. The van der Waals surface area contributed by atoms with Crippen LogP contribution in [0.25, 0.3) is 0 Å². The van der Waals surface area contributed by atoms with Gasteiger partial charge >= 0.3 is 0 Å². The van der Waals surface area contributed by atoms with Crippen molar-refractivity contribution in [3.63, 3.8) is 0 Å². The molecule has 2 aromatic rings. The maximum absolute atomic E-state index is 13.5. The molecule has 6 rings (SSSR count). The van der Waals surface area contributed by atoms with E-state index >= 15 is 0 Å². The van der Waals surface area contributed by atoms with Crippen molar-refractivity contribution >= 4 is 11.8 Å². The first-order valence-corrected chi connectivity index (χ1v) is 13.5. The first-order chi connectivity index (χ1) is 17.2. The molecule has 3 heterocycles. The molecule has 1 saturated carbocycles. The fourth-order valence-corrected chi connectivity index (χ4v) is 6.52. The van der Waals surface area contributed by atoms with E-state index in [2.05, 4.69) is 31.3 Å². The Labute approximate surface area is 213 Å². The molecule has 3 aliphatic heterocycles. The number of nitrogens with one attached hydrogen (secondary N) is 1. The van der Waals surface area contributed by atoms with Crippen LogP contribution in [-0.2, 0) is 18.4 Å². The molecule has 0 unspecified atom stereocenters. The quantitative estimate of drug-likeness (QED) is 0.692. The minimum Gasteiger partial charge on any atom is -0.390 e. The van der Waals surface area contributed by atoms with Crippen molar-refractivity contribution in [1.29, 1.82) is 0 Å². The molecule has 2 atom stereocenters. The lowest BCUT2D eigenvalue weighted by molar-refractivity contribution is 0.0444. The third kappa shape index (κ3) is 4.24. The van der Waals surface area contributed by atoms with E-state index in [1.54, 1.807) is 4.90 Å². The summed E-state index contributed by atoms with van der Waals surface area (Å²) in [7, 11) is 0. The average molecular weight is 488 g/mol. The van der Waals surface area contributed by atoms with E-state index in [-0.39, 0.29) is 29.8 Å².